The van der Waals surface area contributed by atoms with Gasteiger partial charge in [0.1, 0.15) is 0 Å². The average molecular weight is 206 g/mol. The van der Waals surface area contributed by atoms with Gasteiger partial charge in [0.15, 0.2) is 5.69 Å². The van der Waals surface area contributed by atoms with Crippen molar-refractivity contribution in [3.63, 3.8) is 0 Å². The van der Waals surface area contributed by atoms with E-state index in [0.717, 1.165) is 0 Å². The summed E-state index contributed by atoms with van der Waals surface area (Å²) in [6.07, 6.45) is 4.91. The second kappa shape index (κ2) is 5.09. The summed E-state index contributed by atoms with van der Waals surface area (Å²) < 4.78 is 1.49. The zero-order valence-electron chi connectivity index (χ0n) is 8.76. The molecule has 1 aromatic rings. The third-order valence-electron chi connectivity index (χ3n) is 1.81. The fourth-order valence-electron chi connectivity index (χ4n) is 1.16. The Morgan fingerprint density at radius 3 is 2.53 bits per heavy atom. The molecule has 0 unspecified atom stereocenters. The molecule has 0 radical (unpaired) electrons. The lowest BCUT2D eigenvalue weighted by atomic mass is 10.3. The Kier molecular flexibility index (Phi) is 3.79. The number of aryl methyl sites for hydroxylation is 1. The lowest BCUT2D eigenvalue weighted by molar-refractivity contribution is 0.0785. The first-order valence-electron chi connectivity index (χ1n) is 4.56. The van der Waals surface area contributed by atoms with Gasteiger partial charge in [-0.15, -0.1) is 18.3 Å². The Balaban J connectivity index is 2.79. The minimum absolute atomic E-state index is 0.164. The molecule has 0 atom stereocenters. The molecule has 80 valence electrons. The second-order valence-electron chi connectivity index (χ2n) is 3.06. The van der Waals surface area contributed by atoms with Gasteiger partial charge in [-0.2, -0.15) is 0 Å². The Labute approximate surface area is 88.7 Å². The van der Waals surface area contributed by atoms with E-state index in [0.29, 0.717) is 18.8 Å². The molecular formula is C10H14N4O. The zero-order valence-corrected chi connectivity index (χ0v) is 8.76. The number of rotatable bonds is 5. The molecule has 0 aliphatic carbocycles. The van der Waals surface area contributed by atoms with Crippen molar-refractivity contribution in [2.24, 2.45) is 7.05 Å². The van der Waals surface area contributed by atoms with Crippen molar-refractivity contribution in [1.82, 2.24) is 19.9 Å². The predicted molar refractivity (Wildman–Crippen MR) is 57.3 cm³/mol. The molecule has 0 aliphatic rings. The molecule has 0 spiro atoms. The number of carbonyl (C=O) groups excluding carboxylic acids is 1. The summed E-state index contributed by atoms with van der Waals surface area (Å²) in [6, 6.07) is 0. The van der Waals surface area contributed by atoms with Gasteiger partial charge in [-0.25, -0.2) is 0 Å². The van der Waals surface area contributed by atoms with Gasteiger partial charge < -0.3 is 4.90 Å². The van der Waals surface area contributed by atoms with Crippen LogP contribution in [0.1, 0.15) is 10.5 Å². The second-order valence-corrected chi connectivity index (χ2v) is 3.06. The molecule has 5 nitrogen and oxygen atoms in total. The van der Waals surface area contributed by atoms with Crippen molar-refractivity contribution in [1.29, 1.82) is 0 Å². The third kappa shape index (κ3) is 2.77. The summed E-state index contributed by atoms with van der Waals surface area (Å²) in [7, 11) is 1.72. The quantitative estimate of drug-likeness (QED) is 0.664. The summed E-state index contributed by atoms with van der Waals surface area (Å²) in [5.74, 6) is -0.164. The zero-order chi connectivity index (χ0) is 11.3. The summed E-state index contributed by atoms with van der Waals surface area (Å²) in [6.45, 7) is 8.14. The number of aromatic nitrogens is 3. The van der Waals surface area contributed by atoms with Crippen LogP contribution in [0.5, 0.6) is 0 Å². The van der Waals surface area contributed by atoms with Gasteiger partial charge in [0.2, 0.25) is 0 Å². The summed E-state index contributed by atoms with van der Waals surface area (Å²) in [5.41, 5.74) is 0.334. The Hall–Kier alpha value is -1.91. The highest BCUT2D eigenvalue weighted by Crippen LogP contribution is 2.00. The molecule has 1 rings (SSSR count). The molecule has 0 aromatic carbocycles. The van der Waals surface area contributed by atoms with Crippen molar-refractivity contribution >= 4 is 5.91 Å². The van der Waals surface area contributed by atoms with Crippen LogP contribution in [0.25, 0.3) is 0 Å². The number of nitrogens with zero attached hydrogens (tertiary/aromatic N) is 4. The Bertz CT molecular complexity index is 359. The van der Waals surface area contributed by atoms with E-state index in [2.05, 4.69) is 23.5 Å². The summed E-state index contributed by atoms with van der Waals surface area (Å²) in [5, 5.41) is 7.46. The van der Waals surface area contributed by atoms with Crippen molar-refractivity contribution in [2.75, 3.05) is 13.1 Å². The maximum Gasteiger partial charge on any atom is 0.276 e. The summed E-state index contributed by atoms with van der Waals surface area (Å²) in [4.78, 5) is 13.4. The van der Waals surface area contributed by atoms with Crippen molar-refractivity contribution in [3.8, 4) is 0 Å². The minimum Gasteiger partial charge on any atom is -0.330 e. The number of hydrogen-bond acceptors (Lipinski definition) is 3. The molecule has 0 N–H and O–H groups in total. The highest BCUT2D eigenvalue weighted by molar-refractivity contribution is 5.92. The van der Waals surface area contributed by atoms with E-state index < -0.39 is 0 Å². The first kappa shape index (κ1) is 11.2. The van der Waals surface area contributed by atoms with Gasteiger partial charge in [-0.05, 0) is 0 Å². The molecule has 1 heterocycles. The molecule has 1 amide bonds. The van der Waals surface area contributed by atoms with Crippen LogP contribution in [-0.4, -0.2) is 38.9 Å². The molecule has 0 saturated heterocycles. The van der Waals surface area contributed by atoms with Crippen LogP contribution in [0.3, 0.4) is 0 Å². The highest BCUT2D eigenvalue weighted by Gasteiger charge is 2.16. The van der Waals surface area contributed by atoms with E-state index in [-0.39, 0.29) is 5.91 Å². The fraction of sp³-hybridized carbons (Fsp3) is 0.300. The van der Waals surface area contributed by atoms with Crippen molar-refractivity contribution < 1.29 is 4.79 Å². The lowest BCUT2D eigenvalue weighted by Crippen LogP contribution is -2.31. The Morgan fingerprint density at radius 1 is 1.53 bits per heavy atom. The number of amides is 1. The predicted octanol–water partition coefficient (Wildman–Crippen LogP) is 0.629. The Morgan fingerprint density at radius 2 is 2.13 bits per heavy atom. The van der Waals surface area contributed by atoms with Crippen LogP contribution in [-0.2, 0) is 7.05 Å². The molecule has 0 bridgehead atoms. The fourth-order valence-corrected chi connectivity index (χ4v) is 1.16. The van der Waals surface area contributed by atoms with Crippen LogP contribution in [0, 0.1) is 0 Å². The lowest BCUT2D eigenvalue weighted by Gasteiger charge is -2.17. The van der Waals surface area contributed by atoms with E-state index in [1.807, 2.05) is 0 Å². The van der Waals surface area contributed by atoms with E-state index in [1.54, 1.807) is 30.3 Å². The average Bonchev–Trinajstić information content (AvgIpc) is 2.63. The standard InChI is InChI=1S/C10H14N4O/c1-4-6-14(7-5-2)10(15)9-8-13(3)12-11-9/h4-5,8H,1-2,6-7H2,3H3. The topological polar surface area (TPSA) is 51.0 Å². The van der Waals surface area contributed by atoms with Crippen LogP contribution >= 0.6 is 0 Å². The third-order valence-corrected chi connectivity index (χ3v) is 1.81. The van der Waals surface area contributed by atoms with Crippen LogP contribution in [0.4, 0.5) is 0 Å². The maximum atomic E-state index is 11.9. The molecular weight excluding hydrogens is 192 g/mol. The molecule has 15 heavy (non-hydrogen) atoms. The smallest absolute Gasteiger partial charge is 0.276 e. The minimum atomic E-state index is -0.164. The van der Waals surface area contributed by atoms with Gasteiger partial charge in [0, 0.05) is 20.1 Å². The van der Waals surface area contributed by atoms with E-state index >= 15 is 0 Å². The molecule has 1 aromatic heterocycles. The maximum absolute atomic E-state index is 11.9. The number of hydrogen-bond donors (Lipinski definition) is 0. The largest absolute Gasteiger partial charge is 0.330 e. The van der Waals surface area contributed by atoms with Gasteiger partial charge in [0.25, 0.3) is 5.91 Å². The van der Waals surface area contributed by atoms with Gasteiger partial charge in [-0.1, -0.05) is 17.4 Å². The van der Waals surface area contributed by atoms with Gasteiger partial charge >= 0.3 is 0 Å². The SMILES string of the molecule is C=CCN(CC=C)C(=O)c1cn(C)nn1. The van der Waals surface area contributed by atoms with E-state index in [4.69, 9.17) is 0 Å². The molecule has 0 saturated carbocycles. The number of carbonyl (C=O) groups is 1. The van der Waals surface area contributed by atoms with Gasteiger partial charge in [-0.3, -0.25) is 9.48 Å². The van der Waals surface area contributed by atoms with Crippen molar-refractivity contribution in [3.05, 3.63) is 37.2 Å². The molecule has 0 fully saturated rings. The molecule has 0 aliphatic heterocycles. The molecule has 5 heteroatoms. The van der Waals surface area contributed by atoms with E-state index in [1.165, 1.54) is 4.68 Å². The van der Waals surface area contributed by atoms with Crippen LogP contribution in [0.15, 0.2) is 31.5 Å². The first-order chi connectivity index (χ1) is 7.19. The van der Waals surface area contributed by atoms with Crippen LogP contribution < -0.4 is 0 Å². The monoisotopic (exact) mass is 206 g/mol. The van der Waals surface area contributed by atoms with Crippen LogP contribution in [0.2, 0.25) is 0 Å². The normalized spacial score (nSPS) is 9.67. The van der Waals surface area contributed by atoms with Gasteiger partial charge in [0.05, 0.1) is 6.20 Å². The highest BCUT2D eigenvalue weighted by atomic mass is 16.2. The van der Waals surface area contributed by atoms with Crippen molar-refractivity contribution in [2.45, 2.75) is 0 Å². The van der Waals surface area contributed by atoms with E-state index in [9.17, 15) is 4.79 Å². The first-order valence-corrected chi connectivity index (χ1v) is 4.56. The summed E-state index contributed by atoms with van der Waals surface area (Å²) >= 11 is 0.